The Labute approximate surface area is 59.0 Å². The Morgan fingerprint density at radius 3 is 2.40 bits per heavy atom. The number of carbonyl (C=O) groups is 1. The highest BCUT2D eigenvalue weighted by Gasteiger charge is 2.30. The molecule has 1 N–H and O–H groups in total. The van der Waals surface area contributed by atoms with Gasteiger partial charge in [-0.1, -0.05) is 12.8 Å². The van der Waals surface area contributed by atoms with Crippen molar-refractivity contribution >= 4 is 5.97 Å². The van der Waals surface area contributed by atoms with E-state index in [1.54, 1.807) is 0 Å². The topological polar surface area (TPSA) is 37.3 Å². The molecule has 2 atom stereocenters. The number of hydrogen-bond acceptors (Lipinski definition) is 1. The molecule has 0 aliphatic heterocycles. The molecule has 0 saturated heterocycles. The summed E-state index contributed by atoms with van der Waals surface area (Å²) in [5, 5.41) is 8.47. The minimum atomic E-state index is -1.11. The largest absolute Gasteiger partial charge is 0.481 e. The van der Waals surface area contributed by atoms with E-state index in [0.717, 1.165) is 12.8 Å². The fourth-order valence-corrected chi connectivity index (χ4v) is 1.36. The summed E-state index contributed by atoms with van der Waals surface area (Å²) in [5.41, 5.74) is 0. The third kappa shape index (κ3) is 1.46. The lowest BCUT2D eigenvalue weighted by Gasteiger charge is -2.21. The van der Waals surface area contributed by atoms with Crippen LogP contribution in [0.15, 0.2) is 0 Å². The Bertz CT molecular complexity index is 136. The van der Waals surface area contributed by atoms with Crippen LogP contribution in [0.25, 0.3) is 0 Å². The van der Waals surface area contributed by atoms with Crippen molar-refractivity contribution in [3.05, 3.63) is 0 Å². The fraction of sp³-hybridized carbons (Fsp3) is 0.857. The first-order valence-electron chi connectivity index (χ1n) is 3.58. The Kier molecular flexibility index (Phi) is 2.25. The summed E-state index contributed by atoms with van der Waals surface area (Å²) in [6.07, 6.45) is 1.53. The van der Waals surface area contributed by atoms with Crippen LogP contribution in [0.5, 0.6) is 0 Å². The second-order valence-corrected chi connectivity index (χ2v) is 2.75. The summed E-state index contributed by atoms with van der Waals surface area (Å²) >= 11 is 0. The molecular weight excluding hydrogens is 135 g/mol. The summed E-state index contributed by atoms with van der Waals surface area (Å²) < 4.78 is 12.7. The number of carboxylic acids is 1. The second kappa shape index (κ2) is 2.99. The molecular formula is C7H11FO2. The molecule has 0 unspecified atom stereocenters. The quantitative estimate of drug-likeness (QED) is 0.610. The molecule has 0 amide bonds. The van der Waals surface area contributed by atoms with Gasteiger partial charge in [-0.3, -0.25) is 4.79 Å². The second-order valence-electron chi connectivity index (χ2n) is 2.75. The van der Waals surface area contributed by atoms with Crippen molar-refractivity contribution < 1.29 is 14.3 Å². The Morgan fingerprint density at radius 2 is 2.00 bits per heavy atom. The van der Waals surface area contributed by atoms with E-state index >= 15 is 0 Å². The summed E-state index contributed by atoms with van der Waals surface area (Å²) in [6.45, 7) is 0. The molecule has 0 aromatic carbocycles. The van der Waals surface area contributed by atoms with Gasteiger partial charge < -0.3 is 5.11 Å². The summed E-state index contributed by atoms with van der Waals surface area (Å²) in [5.74, 6) is -1.71. The average molecular weight is 146 g/mol. The molecule has 0 aromatic rings. The average Bonchev–Trinajstić information content (AvgIpc) is 1.88. The first-order valence-corrected chi connectivity index (χ1v) is 3.58. The highest BCUT2D eigenvalue weighted by Crippen LogP contribution is 2.26. The fourth-order valence-electron chi connectivity index (χ4n) is 1.36. The van der Waals surface area contributed by atoms with E-state index < -0.39 is 18.1 Å². The third-order valence-corrected chi connectivity index (χ3v) is 2.00. The predicted molar refractivity (Wildman–Crippen MR) is 34.5 cm³/mol. The van der Waals surface area contributed by atoms with Gasteiger partial charge in [0.05, 0.1) is 5.92 Å². The van der Waals surface area contributed by atoms with Crippen molar-refractivity contribution in [2.45, 2.75) is 31.9 Å². The number of carboxylic acid groups (broad SMARTS) is 1. The van der Waals surface area contributed by atoms with Gasteiger partial charge >= 0.3 is 5.97 Å². The number of alkyl halides is 1. The van der Waals surface area contributed by atoms with Gasteiger partial charge in [0.25, 0.3) is 0 Å². The van der Waals surface area contributed by atoms with E-state index in [2.05, 4.69) is 0 Å². The molecule has 1 fully saturated rings. The van der Waals surface area contributed by atoms with Crippen molar-refractivity contribution in [2.24, 2.45) is 5.92 Å². The van der Waals surface area contributed by atoms with Crippen LogP contribution in [0.3, 0.4) is 0 Å². The van der Waals surface area contributed by atoms with Crippen LogP contribution in [0.4, 0.5) is 4.39 Å². The highest BCUT2D eigenvalue weighted by molar-refractivity contribution is 5.70. The molecule has 1 rings (SSSR count). The molecule has 58 valence electrons. The molecule has 10 heavy (non-hydrogen) atoms. The summed E-state index contributed by atoms with van der Waals surface area (Å²) in [7, 11) is 0. The Morgan fingerprint density at radius 1 is 1.40 bits per heavy atom. The van der Waals surface area contributed by atoms with Crippen LogP contribution >= 0.6 is 0 Å². The van der Waals surface area contributed by atoms with Crippen molar-refractivity contribution in [3.8, 4) is 0 Å². The van der Waals surface area contributed by atoms with E-state index in [-0.39, 0.29) is 0 Å². The third-order valence-electron chi connectivity index (χ3n) is 2.00. The van der Waals surface area contributed by atoms with Gasteiger partial charge in [-0.25, -0.2) is 4.39 Å². The minimum Gasteiger partial charge on any atom is -0.481 e. The van der Waals surface area contributed by atoms with Gasteiger partial charge in [-0.2, -0.15) is 0 Å². The van der Waals surface area contributed by atoms with Gasteiger partial charge in [-0.05, 0) is 12.8 Å². The van der Waals surface area contributed by atoms with E-state index in [0.29, 0.717) is 12.8 Å². The van der Waals surface area contributed by atoms with Crippen molar-refractivity contribution in [2.75, 3.05) is 0 Å². The molecule has 3 heteroatoms. The van der Waals surface area contributed by atoms with E-state index in [1.807, 2.05) is 0 Å². The maximum Gasteiger partial charge on any atom is 0.309 e. The Hall–Kier alpha value is -0.600. The van der Waals surface area contributed by atoms with Crippen LogP contribution in [0.2, 0.25) is 0 Å². The predicted octanol–water partition coefficient (Wildman–Crippen LogP) is 1.60. The molecule has 1 aliphatic rings. The van der Waals surface area contributed by atoms with Crippen molar-refractivity contribution in [1.82, 2.24) is 0 Å². The highest BCUT2D eigenvalue weighted by atomic mass is 19.1. The van der Waals surface area contributed by atoms with Crippen LogP contribution in [0.1, 0.15) is 25.7 Å². The standard InChI is InChI=1S/C7H11FO2/c8-6-4-2-1-3-5(6)7(9)10/h5-6H,1-4H2,(H,9,10)/t5-,6+/m1/s1. The van der Waals surface area contributed by atoms with E-state index in [1.165, 1.54) is 0 Å². The van der Waals surface area contributed by atoms with Crippen LogP contribution in [0, 0.1) is 5.92 Å². The van der Waals surface area contributed by atoms with Gasteiger partial charge in [-0.15, -0.1) is 0 Å². The number of hydrogen-bond donors (Lipinski definition) is 1. The molecule has 0 heterocycles. The molecule has 0 aromatic heterocycles. The lowest BCUT2D eigenvalue weighted by atomic mass is 9.88. The Balaban J connectivity index is 2.47. The number of aliphatic carboxylic acids is 1. The smallest absolute Gasteiger partial charge is 0.309 e. The van der Waals surface area contributed by atoms with Crippen molar-refractivity contribution in [1.29, 1.82) is 0 Å². The van der Waals surface area contributed by atoms with Crippen molar-refractivity contribution in [3.63, 3.8) is 0 Å². The first kappa shape index (κ1) is 7.51. The van der Waals surface area contributed by atoms with Gasteiger partial charge in [0, 0.05) is 0 Å². The van der Waals surface area contributed by atoms with E-state index in [4.69, 9.17) is 5.11 Å². The number of halogens is 1. The molecule has 0 radical (unpaired) electrons. The summed E-state index contributed by atoms with van der Waals surface area (Å²) in [4.78, 5) is 10.3. The molecule has 2 nitrogen and oxygen atoms in total. The SMILES string of the molecule is O=C(O)[C@@H]1CCCC[C@@H]1F. The van der Waals surface area contributed by atoms with Gasteiger partial charge in [0.1, 0.15) is 6.17 Å². The zero-order valence-corrected chi connectivity index (χ0v) is 5.72. The van der Waals surface area contributed by atoms with Gasteiger partial charge in [0.2, 0.25) is 0 Å². The maximum absolute atomic E-state index is 12.7. The lowest BCUT2D eigenvalue weighted by Crippen LogP contribution is -2.27. The lowest BCUT2D eigenvalue weighted by molar-refractivity contribution is -0.145. The van der Waals surface area contributed by atoms with Crippen LogP contribution < -0.4 is 0 Å². The molecule has 0 bridgehead atoms. The monoisotopic (exact) mass is 146 g/mol. The molecule has 1 saturated carbocycles. The zero-order chi connectivity index (χ0) is 7.56. The first-order chi connectivity index (χ1) is 4.72. The minimum absolute atomic E-state index is 0.428. The zero-order valence-electron chi connectivity index (χ0n) is 5.72. The van der Waals surface area contributed by atoms with Crippen LogP contribution in [-0.2, 0) is 4.79 Å². The van der Waals surface area contributed by atoms with E-state index in [9.17, 15) is 9.18 Å². The maximum atomic E-state index is 12.7. The molecule has 0 spiro atoms. The number of rotatable bonds is 1. The van der Waals surface area contributed by atoms with Gasteiger partial charge in [0.15, 0.2) is 0 Å². The molecule has 1 aliphatic carbocycles. The van der Waals surface area contributed by atoms with Crippen LogP contribution in [-0.4, -0.2) is 17.2 Å². The summed E-state index contributed by atoms with van der Waals surface area (Å²) in [6, 6.07) is 0. The normalized spacial score (nSPS) is 33.7.